The van der Waals surface area contributed by atoms with Crippen molar-refractivity contribution in [1.82, 2.24) is 14.9 Å². The highest BCUT2D eigenvalue weighted by Gasteiger charge is 2.19. The van der Waals surface area contributed by atoms with Gasteiger partial charge in [0.2, 0.25) is 0 Å². The highest BCUT2D eigenvalue weighted by Crippen LogP contribution is 2.22. The summed E-state index contributed by atoms with van der Waals surface area (Å²) in [6.07, 6.45) is 0. The van der Waals surface area contributed by atoms with Gasteiger partial charge in [-0.1, -0.05) is 20.8 Å². The fraction of sp³-hybridized carbons (Fsp3) is 0.733. The van der Waals surface area contributed by atoms with Crippen LogP contribution >= 0.6 is 0 Å². The molecule has 1 aromatic rings. The Bertz CT molecular complexity index is 423. The standard InChI is InChI=1S/C15H29N5/c1-8-16-12-9-13(17-10-11(2)20(6)7)19-14(18-12)15(3,4)5/h9,11H,8,10H2,1-7H3,(H2,16,17,18,19). The Morgan fingerprint density at radius 3 is 2.15 bits per heavy atom. The second-order valence-corrected chi connectivity index (χ2v) is 6.44. The molecule has 0 amide bonds. The van der Waals surface area contributed by atoms with Gasteiger partial charge in [0.15, 0.2) is 0 Å². The van der Waals surface area contributed by atoms with E-state index in [9.17, 15) is 0 Å². The number of hydrogen-bond acceptors (Lipinski definition) is 5. The minimum Gasteiger partial charge on any atom is -0.370 e. The van der Waals surface area contributed by atoms with Gasteiger partial charge in [0, 0.05) is 30.6 Å². The van der Waals surface area contributed by atoms with Gasteiger partial charge in [0.1, 0.15) is 17.5 Å². The minimum atomic E-state index is -0.0605. The lowest BCUT2D eigenvalue weighted by atomic mass is 9.96. The molecule has 0 fully saturated rings. The first kappa shape index (κ1) is 16.7. The van der Waals surface area contributed by atoms with Gasteiger partial charge in [-0.3, -0.25) is 0 Å². The number of aromatic nitrogens is 2. The predicted molar refractivity (Wildman–Crippen MR) is 86.5 cm³/mol. The summed E-state index contributed by atoms with van der Waals surface area (Å²) in [7, 11) is 4.16. The van der Waals surface area contributed by atoms with E-state index in [1.165, 1.54) is 0 Å². The molecule has 0 spiro atoms. The SMILES string of the molecule is CCNc1cc(NCC(C)N(C)C)nc(C(C)(C)C)n1. The molecule has 0 bridgehead atoms. The summed E-state index contributed by atoms with van der Waals surface area (Å²) in [5.41, 5.74) is -0.0605. The molecule has 0 radical (unpaired) electrons. The molecule has 2 N–H and O–H groups in total. The van der Waals surface area contributed by atoms with Crippen LogP contribution in [0, 0.1) is 0 Å². The minimum absolute atomic E-state index is 0.0605. The van der Waals surface area contributed by atoms with E-state index in [2.05, 4.69) is 74.2 Å². The fourth-order valence-electron chi connectivity index (χ4n) is 1.58. The second kappa shape index (κ2) is 6.88. The molecular formula is C15H29N5. The van der Waals surface area contributed by atoms with Crippen molar-refractivity contribution < 1.29 is 0 Å². The topological polar surface area (TPSA) is 53.1 Å². The number of likely N-dealkylation sites (N-methyl/N-ethyl adjacent to an activating group) is 1. The zero-order valence-corrected chi connectivity index (χ0v) is 13.9. The largest absolute Gasteiger partial charge is 0.370 e. The summed E-state index contributed by atoms with van der Waals surface area (Å²) < 4.78 is 0. The Labute approximate surface area is 123 Å². The van der Waals surface area contributed by atoms with Gasteiger partial charge in [-0.15, -0.1) is 0 Å². The Morgan fingerprint density at radius 1 is 1.15 bits per heavy atom. The molecule has 0 aliphatic carbocycles. The number of anilines is 2. The van der Waals surface area contributed by atoms with E-state index in [1.807, 2.05) is 6.07 Å². The summed E-state index contributed by atoms with van der Waals surface area (Å²) in [6, 6.07) is 2.42. The molecule has 1 heterocycles. The van der Waals surface area contributed by atoms with Gasteiger partial charge in [0.25, 0.3) is 0 Å². The number of hydrogen-bond donors (Lipinski definition) is 2. The number of nitrogens with one attached hydrogen (secondary N) is 2. The Hall–Kier alpha value is -1.36. The van der Waals surface area contributed by atoms with Gasteiger partial charge in [-0.25, -0.2) is 9.97 Å². The van der Waals surface area contributed by atoms with Crippen LogP contribution in [0.25, 0.3) is 0 Å². The average Bonchev–Trinajstić information content (AvgIpc) is 2.35. The van der Waals surface area contributed by atoms with Gasteiger partial charge in [0.05, 0.1) is 0 Å². The number of rotatable bonds is 6. The van der Waals surface area contributed by atoms with Crippen LogP contribution in [0.1, 0.15) is 40.4 Å². The highest BCUT2D eigenvalue weighted by molar-refractivity contribution is 5.48. The molecule has 0 saturated heterocycles. The third-order valence-electron chi connectivity index (χ3n) is 3.21. The van der Waals surface area contributed by atoms with Crippen molar-refractivity contribution in [1.29, 1.82) is 0 Å². The van der Waals surface area contributed by atoms with Crippen LogP contribution in [-0.4, -0.2) is 48.1 Å². The van der Waals surface area contributed by atoms with E-state index < -0.39 is 0 Å². The van der Waals surface area contributed by atoms with Gasteiger partial charge >= 0.3 is 0 Å². The lowest BCUT2D eigenvalue weighted by Crippen LogP contribution is -2.32. The molecule has 0 aliphatic rings. The van der Waals surface area contributed by atoms with Crippen LogP contribution in [0.15, 0.2) is 6.07 Å². The first-order valence-corrected chi connectivity index (χ1v) is 7.27. The molecule has 1 aromatic heterocycles. The first-order chi connectivity index (χ1) is 9.24. The zero-order valence-electron chi connectivity index (χ0n) is 13.9. The molecule has 0 saturated carbocycles. The van der Waals surface area contributed by atoms with Crippen molar-refractivity contribution in [2.45, 2.75) is 46.1 Å². The quantitative estimate of drug-likeness (QED) is 0.838. The molecule has 5 nitrogen and oxygen atoms in total. The molecule has 5 heteroatoms. The van der Waals surface area contributed by atoms with Crippen molar-refractivity contribution in [3.63, 3.8) is 0 Å². The normalized spacial score (nSPS) is 13.4. The Balaban J connectivity index is 2.91. The fourth-order valence-corrected chi connectivity index (χ4v) is 1.58. The maximum absolute atomic E-state index is 4.64. The predicted octanol–water partition coefficient (Wildman–Crippen LogP) is 2.57. The Kier molecular flexibility index (Phi) is 5.74. The van der Waals surface area contributed by atoms with Crippen LogP contribution in [0.4, 0.5) is 11.6 Å². The molecule has 0 aliphatic heterocycles. The number of nitrogens with zero attached hydrogens (tertiary/aromatic N) is 3. The summed E-state index contributed by atoms with van der Waals surface area (Å²) in [5.74, 6) is 2.62. The van der Waals surface area contributed by atoms with E-state index in [0.29, 0.717) is 6.04 Å². The summed E-state index contributed by atoms with van der Waals surface area (Å²) in [6.45, 7) is 12.4. The first-order valence-electron chi connectivity index (χ1n) is 7.27. The monoisotopic (exact) mass is 279 g/mol. The highest BCUT2D eigenvalue weighted by atomic mass is 15.1. The second-order valence-electron chi connectivity index (χ2n) is 6.44. The lowest BCUT2D eigenvalue weighted by Gasteiger charge is -2.22. The summed E-state index contributed by atoms with van der Waals surface area (Å²) in [4.78, 5) is 11.4. The van der Waals surface area contributed by atoms with E-state index in [-0.39, 0.29) is 5.41 Å². The zero-order chi connectivity index (χ0) is 15.3. The van der Waals surface area contributed by atoms with Crippen LogP contribution in [0.3, 0.4) is 0 Å². The van der Waals surface area contributed by atoms with E-state index in [0.717, 1.165) is 30.5 Å². The van der Waals surface area contributed by atoms with E-state index in [4.69, 9.17) is 0 Å². The van der Waals surface area contributed by atoms with Gasteiger partial charge < -0.3 is 15.5 Å². The molecule has 114 valence electrons. The maximum Gasteiger partial charge on any atom is 0.138 e. The van der Waals surface area contributed by atoms with Crippen molar-refractivity contribution in [3.8, 4) is 0 Å². The molecule has 20 heavy (non-hydrogen) atoms. The summed E-state index contributed by atoms with van der Waals surface area (Å²) >= 11 is 0. The molecule has 0 aromatic carbocycles. The van der Waals surface area contributed by atoms with Crippen molar-refractivity contribution >= 4 is 11.6 Å². The lowest BCUT2D eigenvalue weighted by molar-refractivity contribution is 0.326. The van der Waals surface area contributed by atoms with Crippen molar-refractivity contribution in [3.05, 3.63) is 11.9 Å². The Morgan fingerprint density at radius 2 is 1.70 bits per heavy atom. The maximum atomic E-state index is 4.64. The third-order valence-corrected chi connectivity index (χ3v) is 3.21. The van der Waals surface area contributed by atoms with Crippen LogP contribution in [0.2, 0.25) is 0 Å². The van der Waals surface area contributed by atoms with Gasteiger partial charge in [-0.05, 0) is 27.9 Å². The summed E-state index contributed by atoms with van der Waals surface area (Å²) in [5, 5.41) is 6.67. The van der Waals surface area contributed by atoms with Crippen LogP contribution in [-0.2, 0) is 5.41 Å². The smallest absolute Gasteiger partial charge is 0.138 e. The molecule has 1 rings (SSSR count). The molecule has 1 unspecified atom stereocenters. The van der Waals surface area contributed by atoms with E-state index in [1.54, 1.807) is 0 Å². The van der Waals surface area contributed by atoms with Crippen molar-refractivity contribution in [2.24, 2.45) is 0 Å². The molecule has 1 atom stereocenters. The van der Waals surface area contributed by atoms with Gasteiger partial charge in [-0.2, -0.15) is 0 Å². The van der Waals surface area contributed by atoms with E-state index >= 15 is 0 Å². The molecular weight excluding hydrogens is 250 g/mol. The average molecular weight is 279 g/mol. The van der Waals surface area contributed by atoms with Crippen molar-refractivity contribution in [2.75, 3.05) is 37.8 Å². The third kappa shape index (κ3) is 4.96. The van der Waals surface area contributed by atoms with Crippen LogP contribution in [0.5, 0.6) is 0 Å². The van der Waals surface area contributed by atoms with Crippen LogP contribution < -0.4 is 10.6 Å².